The maximum atomic E-state index is 4.88. The number of nitrogens with one attached hydrogen (secondary N) is 1. The molecule has 0 unspecified atom stereocenters. The topological polar surface area (TPSA) is 43.8 Å². The van der Waals surface area contributed by atoms with Gasteiger partial charge in [0.05, 0.1) is 6.21 Å². The van der Waals surface area contributed by atoms with Gasteiger partial charge >= 0.3 is 0 Å². The quantitative estimate of drug-likeness (QED) is 0.370. The minimum absolute atomic E-state index is 0.809. The summed E-state index contributed by atoms with van der Waals surface area (Å²) >= 11 is 0. The highest BCUT2D eigenvalue weighted by Gasteiger charge is 2.16. The van der Waals surface area contributed by atoms with Crippen LogP contribution < -0.4 is 15.2 Å². The van der Waals surface area contributed by atoms with Crippen molar-refractivity contribution in [3.63, 3.8) is 0 Å². The van der Waals surface area contributed by atoms with E-state index in [9.17, 15) is 0 Å². The molecular formula is C26H41N5. The van der Waals surface area contributed by atoms with Crippen molar-refractivity contribution in [2.75, 3.05) is 41.4 Å². The minimum Gasteiger partial charge on any atom is -0.371 e. The Labute approximate surface area is 189 Å². The van der Waals surface area contributed by atoms with Crippen LogP contribution in [0.2, 0.25) is 0 Å². The molecule has 1 N–H and O–H groups in total. The van der Waals surface area contributed by atoms with Crippen LogP contribution in [-0.2, 0) is 0 Å². The van der Waals surface area contributed by atoms with Gasteiger partial charge in [0.2, 0.25) is 0 Å². The van der Waals surface area contributed by atoms with Crippen molar-refractivity contribution < 1.29 is 0 Å². The van der Waals surface area contributed by atoms with E-state index in [4.69, 9.17) is 4.98 Å². The summed E-state index contributed by atoms with van der Waals surface area (Å²) in [6.07, 6.45) is 7.94. The molecule has 0 aliphatic carbocycles. The molecule has 2 heterocycles. The first-order valence-electron chi connectivity index (χ1n) is 12.1. The maximum Gasteiger partial charge on any atom is 0.150 e. The van der Waals surface area contributed by atoms with Gasteiger partial charge in [-0.25, -0.2) is 4.98 Å². The van der Waals surface area contributed by atoms with E-state index in [0.717, 1.165) is 56.2 Å². The zero-order chi connectivity index (χ0) is 22.5. The number of piperidine rings is 1. The van der Waals surface area contributed by atoms with E-state index >= 15 is 0 Å². The molecule has 0 amide bonds. The lowest BCUT2D eigenvalue weighted by Crippen LogP contribution is -2.31. The Bertz CT molecular complexity index is 790. The van der Waals surface area contributed by atoms with Crippen LogP contribution in [0.4, 0.5) is 17.3 Å². The first kappa shape index (κ1) is 24.7. The SMILES string of the molecule is CC.CCCN(CCC)c1cc(N/N=C/c2cccc(C)c2)nc(N2CCCCC2)c1. The van der Waals surface area contributed by atoms with Gasteiger partial charge in [0.15, 0.2) is 5.82 Å². The lowest BCUT2D eigenvalue weighted by Gasteiger charge is -2.30. The Morgan fingerprint density at radius 3 is 2.39 bits per heavy atom. The van der Waals surface area contributed by atoms with Crippen LogP contribution in [0, 0.1) is 6.92 Å². The summed E-state index contributed by atoms with van der Waals surface area (Å²) in [7, 11) is 0. The molecule has 1 saturated heterocycles. The van der Waals surface area contributed by atoms with Gasteiger partial charge in [-0.05, 0) is 44.6 Å². The summed E-state index contributed by atoms with van der Waals surface area (Å²) in [6.45, 7) is 14.9. The van der Waals surface area contributed by atoms with Crippen molar-refractivity contribution in [1.29, 1.82) is 0 Å². The Morgan fingerprint density at radius 2 is 1.74 bits per heavy atom. The van der Waals surface area contributed by atoms with Crippen LogP contribution in [0.5, 0.6) is 0 Å². The first-order valence-corrected chi connectivity index (χ1v) is 12.1. The van der Waals surface area contributed by atoms with Crippen molar-refractivity contribution in [3.05, 3.63) is 47.5 Å². The van der Waals surface area contributed by atoms with Gasteiger partial charge in [0, 0.05) is 44.0 Å². The number of benzene rings is 1. The van der Waals surface area contributed by atoms with Crippen molar-refractivity contribution in [2.45, 2.75) is 66.7 Å². The summed E-state index contributed by atoms with van der Waals surface area (Å²) in [5, 5.41) is 4.46. The van der Waals surface area contributed by atoms with E-state index in [2.05, 4.69) is 77.5 Å². The van der Waals surface area contributed by atoms with Crippen molar-refractivity contribution in [2.24, 2.45) is 5.10 Å². The van der Waals surface area contributed by atoms with Crippen LogP contribution in [0.1, 0.15) is 70.9 Å². The Hall–Kier alpha value is -2.56. The first-order chi connectivity index (χ1) is 15.2. The third-order valence-corrected chi connectivity index (χ3v) is 5.26. The highest BCUT2D eigenvalue weighted by atomic mass is 15.3. The van der Waals surface area contributed by atoms with Gasteiger partial charge in [-0.15, -0.1) is 0 Å². The molecule has 1 aliphatic heterocycles. The molecule has 1 aromatic heterocycles. The number of hydrazone groups is 1. The second kappa shape index (κ2) is 13.7. The average molecular weight is 424 g/mol. The summed E-state index contributed by atoms with van der Waals surface area (Å²) in [4.78, 5) is 9.76. The monoisotopic (exact) mass is 423 g/mol. The van der Waals surface area contributed by atoms with Crippen molar-refractivity contribution >= 4 is 23.5 Å². The van der Waals surface area contributed by atoms with E-state index in [1.165, 1.54) is 30.5 Å². The molecular weight excluding hydrogens is 382 g/mol. The van der Waals surface area contributed by atoms with Gasteiger partial charge in [0.25, 0.3) is 0 Å². The number of hydrogen-bond acceptors (Lipinski definition) is 5. The highest BCUT2D eigenvalue weighted by Crippen LogP contribution is 2.27. The number of aryl methyl sites for hydroxylation is 1. The fraction of sp³-hybridized carbons (Fsp3) is 0.538. The average Bonchev–Trinajstić information content (AvgIpc) is 2.81. The predicted molar refractivity (Wildman–Crippen MR) is 137 cm³/mol. The number of pyridine rings is 1. The molecule has 5 heteroatoms. The fourth-order valence-electron chi connectivity index (χ4n) is 3.86. The van der Waals surface area contributed by atoms with Crippen LogP contribution in [0.3, 0.4) is 0 Å². The molecule has 0 saturated carbocycles. The lowest BCUT2D eigenvalue weighted by atomic mass is 10.1. The van der Waals surface area contributed by atoms with Crippen LogP contribution in [-0.4, -0.2) is 37.4 Å². The van der Waals surface area contributed by atoms with Crippen molar-refractivity contribution in [1.82, 2.24) is 4.98 Å². The van der Waals surface area contributed by atoms with Crippen LogP contribution in [0.25, 0.3) is 0 Å². The zero-order valence-electron chi connectivity index (χ0n) is 20.2. The molecule has 0 radical (unpaired) electrons. The molecule has 2 aromatic rings. The molecule has 1 aliphatic rings. The van der Waals surface area contributed by atoms with Crippen LogP contribution >= 0.6 is 0 Å². The predicted octanol–water partition coefficient (Wildman–Crippen LogP) is 6.48. The third kappa shape index (κ3) is 7.89. The zero-order valence-corrected chi connectivity index (χ0v) is 20.2. The summed E-state index contributed by atoms with van der Waals surface area (Å²) in [6, 6.07) is 12.7. The second-order valence-electron chi connectivity index (χ2n) is 7.89. The van der Waals surface area contributed by atoms with Crippen molar-refractivity contribution in [3.8, 4) is 0 Å². The summed E-state index contributed by atoms with van der Waals surface area (Å²) in [5.74, 6) is 1.87. The Kier molecular flexibility index (Phi) is 10.9. The van der Waals surface area contributed by atoms with Gasteiger partial charge in [-0.2, -0.15) is 5.10 Å². The molecule has 0 atom stereocenters. The summed E-state index contributed by atoms with van der Waals surface area (Å²) < 4.78 is 0. The number of nitrogens with zero attached hydrogens (tertiary/aromatic N) is 4. The maximum absolute atomic E-state index is 4.88. The van der Waals surface area contributed by atoms with Gasteiger partial charge < -0.3 is 9.80 Å². The molecule has 1 aromatic carbocycles. The summed E-state index contributed by atoms with van der Waals surface area (Å²) in [5.41, 5.74) is 6.73. The van der Waals surface area contributed by atoms with Gasteiger partial charge in [0.1, 0.15) is 5.82 Å². The van der Waals surface area contributed by atoms with E-state index in [1.807, 2.05) is 20.1 Å². The largest absolute Gasteiger partial charge is 0.371 e. The highest BCUT2D eigenvalue weighted by molar-refractivity contribution is 5.80. The molecule has 1 fully saturated rings. The Balaban J connectivity index is 0.00000166. The van der Waals surface area contributed by atoms with Crippen LogP contribution in [0.15, 0.2) is 41.5 Å². The molecule has 5 nitrogen and oxygen atoms in total. The molecule has 3 rings (SSSR count). The molecule has 31 heavy (non-hydrogen) atoms. The molecule has 170 valence electrons. The minimum atomic E-state index is 0.809. The number of aromatic nitrogens is 1. The number of hydrogen-bond donors (Lipinski definition) is 1. The third-order valence-electron chi connectivity index (χ3n) is 5.26. The standard InChI is InChI=1S/C24H35N5.C2H6/c1-4-12-28(13-5-2)22-17-23(26-24(18-22)29-14-7-6-8-15-29)27-25-19-21-11-9-10-20(3)16-21;1-2/h9-11,16-19H,4-8,12-15H2,1-3H3,(H,26,27);1-2H3/b25-19+;. The second-order valence-corrected chi connectivity index (χ2v) is 7.89. The van der Waals surface area contributed by atoms with E-state index in [0.29, 0.717) is 0 Å². The fourth-order valence-corrected chi connectivity index (χ4v) is 3.86. The Morgan fingerprint density at radius 1 is 1.03 bits per heavy atom. The van der Waals surface area contributed by atoms with E-state index in [-0.39, 0.29) is 0 Å². The normalized spacial score (nSPS) is 13.6. The number of anilines is 3. The van der Waals surface area contributed by atoms with E-state index < -0.39 is 0 Å². The molecule has 0 bridgehead atoms. The van der Waals surface area contributed by atoms with Gasteiger partial charge in [-0.1, -0.05) is 57.5 Å². The molecule has 0 spiro atoms. The lowest BCUT2D eigenvalue weighted by molar-refractivity contribution is 0.573. The van der Waals surface area contributed by atoms with Gasteiger partial charge in [-0.3, -0.25) is 5.43 Å². The smallest absolute Gasteiger partial charge is 0.150 e. The van der Waals surface area contributed by atoms with E-state index in [1.54, 1.807) is 0 Å². The number of rotatable bonds is 9.